The number of fused-ring (bicyclic) bond motifs is 6. The molecule has 3 saturated heterocycles. The molecule has 8 atom stereocenters. The van der Waals surface area contributed by atoms with E-state index in [1.807, 2.05) is 30.9 Å². The summed E-state index contributed by atoms with van der Waals surface area (Å²) in [4.78, 5) is 64.1. The average molecular weight is 962 g/mol. The molecule has 0 unspecified atom stereocenters. The molecule has 0 spiro atoms. The largest absolute Gasteiger partial charge is 0.464 e. The number of cyclic esters (lactones) is 1. The van der Waals surface area contributed by atoms with Crippen LogP contribution in [0.2, 0.25) is 0 Å². The Labute approximate surface area is 407 Å². The molecule has 18 heteroatoms. The van der Waals surface area contributed by atoms with Crippen molar-refractivity contribution in [3.8, 4) is 22.5 Å². The van der Waals surface area contributed by atoms with E-state index in [1.165, 1.54) is 11.3 Å². The topological polar surface area (TPSA) is 188 Å². The minimum atomic E-state index is -1.28. The third-order valence-corrected chi connectivity index (χ3v) is 15.0. The number of methoxy groups -OCH3 is 1. The van der Waals surface area contributed by atoms with Crippen LogP contribution in [-0.4, -0.2) is 130 Å². The molecule has 4 aromatic heterocycles. The lowest BCUT2D eigenvalue weighted by Crippen LogP contribution is -2.62. The number of nitrogens with one attached hydrogen (secondary N) is 2. The molecule has 0 radical (unpaired) electrons. The number of nitrogens with zero attached hydrogens (tertiary/aromatic N) is 7. The average Bonchev–Trinajstić information content (AvgIpc) is 3.68. The van der Waals surface area contributed by atoms with Crippen LogP contribution < -0.4 is 10.7 Å². The van der Waals surface area contributed by atoms with Crippen LogP contribution in [-0.2, 0) is 46.3 Å². The fourth-order valence-corrected chi connectivity index (χ4v) is 11.1. The highest BCUT2D eigenvalue weighted by Gasteiger charge is 2.55. The Bertz CT molecular complexity index is 2690. The number of halogens is 1. The van der Waals surface area contributed by atoms with E-state index in [4.69, 9.17) is 33.3 Å². The lowest BCUT2D eigenvalue weighted by molar-refractivity contribution is -0.156. The first-order valence-electron chi connectivity index (χ1n) is 24.9. The Morgan fingerprint density at radius 1 is 1.07 bits per heavy atom. The predicted molar refractivity (Wildman–Crippen MR) is 255 cm³/mol. The van der Waals surface area contributed by atoms with E-state index in [1.54, 1.807) is 31.8 Å². The molecule has 372 valence electrons. The van der Waals surface area contributed by atoms with E-state index in [9.17, 15) is 9.59 Å². The fraction of sp³-hybridized carbons (Fsp3) is 0.558. The minimum Gasteiger partial charge on any atom is -0.464 e. The van der Waals surface area contributed by atoms with E-state index in [-0.39, 0.29) is 62.0 Å². The Hall–Kier alpha value is -5.66. The number of rotatable bonds is 11. The zero-order valence-electron chi connectivity index (χ0n) is 40.6. The number of esters is 1. The van der Waals surface area contributed by atoms with Crippen LogP contribution in [0.1, 0.15) is 101 Å². The maximum Gasteiger partial charge on any atom is 0.324 e. The van der Waals surface area contributed by atoms with E-state index < -0.39 is 47.5 Å². The smallest absolute Gasteiger partial charge is 0.324 e. The van der Waals surface area contributed by atoms with Crippen molar-refractivity contribution in [1.82, 2.24) is 45.2 Å². The molecule has 2 N–H and O–H groups in total. The number of hydrazine groups is 1. The second-order valence-electron chi connectivity index (χ2n) is 20.4. The van der Waals surface area contributed by atoms with Gasteiger partial charge >= 0.3 is 5.97 Å². The molecule has 1 saturated carbocycles. The highest BCUT2D eigenvalue weighted by atomic mass is 19.1. The van der Waals surface area contributed by atoms with E-state index in [2.05, 4.69) is 57.3 Å². The van der Waals surface area contributed by atoms with Crippen LogP contribution >= 0.6 is 0 Å². The summed E-state index contributed by atoms with van der Waals surface area (Å²) >= 11 is 0. The number of benzene rings is 1. The second-order valence-corrected chi connectivity index (χ2v) is 20.4. The maximum atomic E-state index is 15.3. The number of hydrogen-bond donors (Lipinski definition) is 2. The summed E-state index contributed by atoms with van der Waals surface area (Å²) < 4.78 is 48.3. The number of ether oxygens (including phenoxy) is 4. The number of hydrogen-bond acceptors (Lipinski definition) is 14. The Morgan fingerprint density at radius 3 is 2.69 bits per heavy atom. The molecule has 1 aromatic carbocycles. The standard InChI is InChI=1S/C52H64FN9O8/c1-30-42(38-12-17-54-29-56-38)43(30)48(63)58-45-47(60-19-13-33(53)26-60)49-57-40(27-69-49)32-10-11-41-36(24-32)37(25-52(3,4)28-70-51(65)39-9-7-18-62(59-39)50(45)64)46(35-8-6-16-55-44(35)31(2)66-5)61(41)20-23-68-34-14-21-67-22-15-34/h6,8,10-12,16-17,24,27,29-31,33-34,39,42-43,45,47,59H,7,9,13-15,18-23,25-26,28H2,1-5H3,(H,58,63)/t30-,31-,33+,39-,42-,43+,45-,47-/m0/s1. The molecular formula is C52H64FN9O8. The molecule has 8 heterocycles. The molecule has 6 bridgehead atoms. The molecule has 4 fully saturated rings. The van der Waals surface area contributed by atoms with Crippen LogP contribution in [0.3, 0.4) is 0 Å². The van der Waals surface area contributed by atoms with Gasteiger partial charge in [0.1, 0.15) is 42.6 Å². The van der Waals surface area contributed by atoms with Gasteiger partial charge in [-0.1, -0.05) is 26.8 Å². The van der Waals surface area contributed by atoms with Gasteiger partial charge in [-0.05, 0) is 87.3 Å². The quantitative estimate of drug-likeness (QED) is 0.141. The molecule has 5 aliphatic rings. The highest BCUT2D eigenvalue weighted by Crippen LogP contribution is 2.53. The number of oxazole rings is 1. The van der Waals surface area contributed by atoms with Crippen molar-refractivity contribution in [3.05, 3.63) is 84.2 Å². The van der Waals surface area contributed by atoms with Gasteiger partial charge in [0.2, 0.25) is 11.8 Å². The van der Waals surface area contributed by atoms with Crippen LogP contribution in [0.15, 0.2) is 65.8 Å². The monoisotopic (exact) mass is 961 g/mol. The molecule has 1 aliphatic carbocycles. The summed E-state index contributed by atoms with van der Waals surface area (Å²) in [6.45, 7) is 11.2. The van der Waals surface area contributed by atoms with Gasteiger partial charge in [-0.15, -0.1) is 0 Å². The minimum absolute atomic E-state index is 0.00541. The molecule has 4 aliphatic heterocycles. The number of aromatic nitrogens is 5. The van der Waals surface area contributed by atoms with Crippen molar-refractivity contribution < 1.29 is 42.1 Å². The number of alkyl halides is 1. The van der Waals surface area contributed by atoms with Gasteiger partial charge < -0.3 is 33.2 Å². The van der Waals surface area contributed by atoms with Crippen LogP contribution in [0.25, 0.3) is 33.4 Å². The number of carbonyl (C=O) groups is 3. The zero-order valence-corrected chi connectivity index (χ0v) is 40.6. The molecule has 5 aromatic rings. The Balaban J connectivity index is 1.10. The lowest BCUT2D eigenvalue weighted by atomic mass is 9.84. The van der Waals surface area contributed by atoms with Crippen molar-refractivity contribution in [2.45, 2.75) is 115 Å². The van der Waals surface area contributed by atoms with Gasteiger partial charge in [0.25, 0.3) is 5.91 Å². The fourth-order valence-electron chi connectivity index (χ4n) is 11.1. The molecule has 10 rings (SSSR count). The summed E-state index contributed by atoms with van der Waals surface area (Å²) in [5.74, 6) is -1.87. The van der Waals surface area contributed by atoms with Gasteiger partial charge in [0, 0.05) is 104 Å². The normalized spacial score (nSPS) is 27.0. The Kier molecular flexibility index (Phi) is 13.9. The highest BCUT2D eigenvalue weighted by molar-refractivity contribution is 5.95. The number of likely N-dealkylation sites (tertiary alicyclic amines) is 1. The van der Waals surface area contributed by atoms with E-state index in [0.717, 1.165) is 57.5 Å². The lowest BCUT2D eigenvalue weighted by Gasteiger charge is -2.38. The van der Waals surface area contributed by atoms with Gasteiger partial charge in [0.15, 0.2) is 0 Å². The maximum absolute atomic E-state index is 15.3. The summed E-state index contributed by atoms with van der Waals surface area (Å²) in [6.07, 6.45) is 8.43. The van der Waals surface area contributed by atoms with Crippen LogP contribution in [0, 0.1) is 17.3 Å². The van der Waals surface area contributed by atoms with Gasteiger partial charge in [-0.25, -0.2) is 24.8 Å². The van der Waals surface area contributed by atoms with Gasteiger partial charge in [-0.2, -0.15) is 0 Å². The van der Waals surface area contributed by atoms with Crippen molar-refractivity contribution in [2.24, 2.45) is 17.3 Å². The summed E-state index contributed by atoms with van der Waals surface area (Å²) in [5.41, 5.74) is 9.26. The first-order chi connectivity index (χ1) is 33.9. The molecule has 70 heavy (non-hydrogen) atoms. The SMILES string of the molecule is CO[C@@H](C)c1ncccc1-c1c2c3cc(ccc3n1CCOC1CCOCC1)-c1coc(n1)[C@@H](N1CC[C@@H](F)C1)[C@H](NC(=O)[C@@H]1[C@@H](C)[C@H]1c1ccncn1)C(=O)N1CCC[C@H](N1)C(=O)OCC(C)(C)C2. The predicted octanol–water partition coefficient (Wildman–Crippen LogP) is 6.29. The van der Waals surface area contributed by atoms with E-state index >= 15 is 9.18 Å². The van der Waals surface area contributed by atoms with Crippen molar-refractivity contribution >= 4 is 28.7 Å². The third kappa shape index (κ3) is 9.72. The summed E-state index contributed by atoms with van der Waals surface area (Å²) in [5, 5.41) is 5.48. The molecule has 2 amide bonds. The van der Waals surface area contributed by atoms with Crippen molar-refractivity contribution in [1.29, 1.82) is 0 Å². The third-order valence-electron chi connectivity index (χ3n) is 15.0. The summed E-state index contributed by atoms with van der Waals surface area (Å²) in [6, 6.07) is 8.91. The number of carbonyl (C=O) groups excluding carboxylic acids is 3. The number of pyridine rings is 1. The summed E-state index contributed by atoms with van der Waals surface area (Å²) in [7, 11) is 1.68. The first-order valence-corrected chi connectivity index (χ1v) is 24.9. The van der Waals surface area contributed by atoms with Crippen LogP contribution in [0.4, 0.5) is 4.39 Å². The number of amides is 2. The second kappa shape index (κ2) is 20.2. The van der Waals surface area contributed by atoms with Crippen LogP contribution in [0.5, 0.6) is 0 Å². The first kappa shape index (κ1) is 48.0. The molecular weight excluding hydrogens is 898 g/mol. The van der Waals surface area contributed by atoms with Crippen molar-refractivity contribution in [2.75, 3.05) is 53.2 Å². The molecule has 17 nitrogen and oxygen atoms in total. The zero-order chi connectivity index (χ0) is 48.7. The Morgan fingerprint density at radius 2 is 1.91 bits per heavy atom. The van der Waals surface area contributed by atoms with Crippen molar-refractivity contribution in [3.63, 3.8) is 0 Å². The van der Waals surface area contributed by atoms with Gasteiger partial charge in [0.05, 0.1) is 36.8 Å². The van der Waals surface area contributed by atoms with E-state index in [0.29, 0.717) is 57.9 Å². The van der Waals surface area contributed by atoms with Gasteiger partial charge in [-0.3, -0.25) is 29.3 Å².